The van der Waals surface area contributed by atoms with Gasteiger partial charge in [-0.2, -0.15) is 0 Å². The second-order valence-corrected chi connectivity index (χ2v) is 6.66. The number of amides is 2. The van der Waals surface area contributed by atoms with Crippen LogP contribution in [0.15, 0.2) is 0 Å². The Hall–Kier alpha value is -1.50. The minimum Gasteiger partial charge on any atom is -0.448 e. The summed E-state index contributed by atoms with van der Waals surface area (Å²) in [6.07, 6.45) is 3.30. The standard InChI is InChI=1S/C15H29N3O4/c1-15(2,3)22-14(20)18-10-11-6-4-5-7-12(11)17-8-9-21-13(16)19/h11-12,17H,4-10H2,1-3H3,(H2,16,19)(H,18,20). The minimum atomic E-state index is -0.756. The number of primary amides is 1. The number of nitrogens with one attached hydrogen (secondary N) is 2. The van der Waals surface area contributed by atoms with Crippen LogP contribution in [0, 0.1) is 5.92 Å². The molecule has 2 unspecified atom stereocenters. The summed E-state index contributed by atoms with van der Waals surface area (Å²) in [4.78, 5) is 22.2. The molecule has 0 spiro atoms. The monoisotopic (exact) mass is 315 g/mol. The minimum absolute atomic E-state index is 0.262. The van der Waals surface area contributed by atoms with Crippen LogP contribution < -0.4 is 16.4 Å². The zero-order valence-electron chi connectivity index (χ0n) is 13.8. The Kier molecular flexibility index (Phi) is 7.44. The molecule has 22 heavy (non-hydrogen) atoms. The topological polar surface area (TPSA) is 103 Å². The number of ether oxygens (including phenoxy) is 2. The Balaban J connectivity index is 2.32. The molecule has 0 bridgehead atoms. The molecule has 2 atom stereocenters. The summed E-state index contributed by atoms with van der Waals surface area (Å²) < 4.78 is 9.95. The molecular weight excluding hydrogens is 286 g/mol. The van der Waals surface area contributed by atoms with Gasteiger partial charge in [-0.05, 0) is 39.5 Å². The molecule has 0 aromatic rings. The molecule has 1 aliphatic carbocycles. The molecule has 0 radical (unpaired) electrons. The van der Waals surface area contributed by atoms with Gasteiger partial charge in [-0.1, -0.05) is 12.8 Å². The quantitative estimate of drug-likeness (QED) is 0.648. The van der Waals surface area contributed by atoms with Crippen molar-refractivity contribution >= 4 is 12.2 Å². The van der Waals surface area contributed by atoms with Gasteiger partial charge < -0.3 is 25.8 Å². The highest BCUT2D eigenvalue weighted by Crippen LogP contribution is 2.24. The van der Waals surface area contributed by atoms with Gasteiger partial charge in [-0.15, -0.1) is 0 Å². The van der Waals surface area contributed by atoms with Crippen molar-refractivity contribution in [3.05, 3.63) is 0 Å². The van der Waals surface area contributed by atoms with Crippen LogP contribution >= 0.6 is 0 Å². The lowest BCUT2D eigenvalue weighted by atomic mass is 9.84. The fourth-order valence-corrected chi connectivity index (χ4v) is 2.65. The van der Waals surface area contributed by atoms with E-state index in [1.165, 1.54) is 0 Å². The zero-order valence-corrected chi connectivity index (χ0v) is 13.8. The maximum Gasteiger partial charge on any atom is 0.407 e. The molecule has 1 saturated carbocycles. The average molecular weight is 315 g/mol. The molecule has 4 N–H and O–H groups in total. The first kappa shape index (κ1) is 18.5. The van der Waals surface area contributed by atoms with Crippen LogP contribution in [0.1, 0.15) is 46.5 Å². The molecule has 1 aliphatic rings. The van der Waals surface area contributed by atoms with E-state index in [1.807, 2.05) is 20.8 Å². The van der Waals surface area contributed by atoms with Gasteiger partial charge >= 0.3 is 12.2 Å². The molecule has 0 aromatic heterocycles. The summed E-state index contributed by atoms with van der Waals surface area (Å²) in [5.41, 5.74) is 4.43. The van der Waals surface area contributed by atoms with E-state index in [0.29, 0.717) is 25.0 Å². The lowest BCUT2D eigenvalue weighted by Crippen LogP contribution is -2.46. The smallest absolute Gasteiger partial charge is 0.407 e. The number of hydrogen-bond acceptors (Lipinski definition) is 5. The van der Waals surface area contributed by atoms with Crippen LogP contribution in [0.2, 0.25) is 0 Å². The van der Waals surface area contributed by atoms with E-state index < -0.39 is 11.7 Å². The highest BCUT2D eigenvalue weighted by atomic mass is 16.6. The first-order chi connectivity index (χ1) is 10.3. The van der Waals surface area contributed by atoms with E-state index in [2.05, 4.69) is 10.6 Å². The molecule has 7 heteroatoms. The predicted molar refractivity (Wildman–Crippen MR) is 83.5 cm³/mol. The SMILES string of the molecule is CC(C)(C)OC(=O)NCC1CCCCC1NCCOC(N)=O. The van der Waals surface area contributed by atoms with Crippen molar-refractivity contribution in [2.45, 2.75) is 58.1 Å². The van der Waals surface area contributed by atoms with Crippen LogP contribution in [0.25, 0.3) is 0 Å². The van der Waals surface area contributed by atoms with Gasteiger partial charge in [0.15, 0.2) is 0 Å². The third-order valence-corrected chi connectivity index (χ3v) is 3.57. The molecule has 2 amide bonds. The average Bonchev–Trinajstić information content (AvgIpc) is 2.40. The lowest BCUT2D eigenvalue weighted by molar-refractivity contribution is 0.0509. The van der Waals surface area contributed by atoms with Crippen LogP contribution in [0.3, 0.4) is 0 Å². The maximum atomic E-state index is 11.7. The summed E-state index contributed by atoms with van der Waals surface area (Å²) in [5, 5.41) is 6.22. The zero-order chi connectivity index (χ0) is 16.6. The van der Waals surface area contributed by atoms with Gasteiger partial charge in [0.25, 0.3) is 0 Å². The van der Waals surface area contributed by atoms with E-state index in [1.54, 1.807) is 0 Å². The second kappa shape index (κ2) is 8.82. The van der Waals surface area contributed by atoms with E-state index in [4.69, 9.17) is 15.2 Å². The van der Waals surface area contributed by atoms with Crippen molar-refractivity contribution in [1.29, 1.82) is 0 Å². The van der Waals surface area contributed by atoms with Crippen LogP contribution in [-0.4, -0.2) is 43.5 Å². The fourth-order valence-electron chi connectivity index (χ4n) is 2.65. The van der Waals surface area contributed by atoms with E-state index >= 15 is 0 Å². The number of rotatable bonds is 6. The lowest BCUT2D eigenvalue weighted by Gasteiger charge is -2.32. The molecule has 128 valence electrons. The summed E-state index contributed by atoms with van der Waals surface area (Å²) in [6, 6.07) is 0.306. The number of alkyl carbamates (subject to hydrolysis) is 1. The Morgan fingerprint density at radius 1 is 1.23 bits per heavy atom. The van der Waals surface area contributed by atoms with E-state index in [-0.39, 0.29) is 12.7 Å². The molecule has 7 nitrogen and oxygen atoms in total. The first-order valence-corrected chi connectivity index (χ1v) is 7.90. The van der Waals surface area contributed by atoms with Crippen molar-refractivity contribution in [2.24, 2.45) is 11.7 Å². The summed E-state index contributed by atoms with van der Waals surface area (Å²) in [7, 11) is 0. The molecule has 0 aromatic carbocycles. The van der Waals surface area contributed by atoms with Crippen LogP contribution in [0.5, 0.6) is 0 Å². The van der Waals surface area contributed by atoms with Crippen molar-refractivity contribution in [1.82, 2.24) is 10.6 Å². The molecule has 1 fully saturated rings. The maximum absolute atomic E-state index is 11.7. The molecule has 0 saturated heterocycles. The Labute approximate surface area is 132 Å². The first-order valence-electron chi connectivity index (χ1n) is 7.90. The van der Waals surface area contributed by atoms with Gasteiger partial charge in [0, 0.05) is 19.1 Å². The van der Waals surface area contributed by atoms with Crippen molar-refractivity contribution in [2.75, 3.05) is 19.7 Å². The highest BCUT2D eigenvalue weighted by Gasteiger charge is 2.26. The van der Waals surface area contributed by atoms with Crippen LogP contribution in [0.4, 0.5) is 9.59 Å². The van der Waals surface area contributed by atoms with Gasteiger partial charge in [-0.3, -0.25) is 0 Å². The Morgan fingerprint density at radius 3 is 2.55 bits per heavy atom. The fraction of sp³-hybridized carbons (Fsp3) is 0.867. The summed E-state index contributed by atoms with van der Waals surface area (Å²) in [5.74, 6) is 0.356. The molecule has 1 rings (SSSR count). The predicted octanol–water partition coefficient (Wildman–Crippen LogP) is 1.75. The molecule has 0 aliphatic heterocycles. The summed E-state index contributed by atoms with van der Waals surface area (Å²) in [6.45, 7) is 6.95. The largest absolute Gasteiger partial charge is 0.448 e. The van der Waals surface area contributed by atoms with Gasteiger partial charge in [0.05, 0.1) is 0 Å². The van der Waals surface area contributed by atoms with Crippen molar-refractivity contribution in [3.8, 4) is 0 Å². The van der Waals surface area contributed by atoms with E-state index in [9.17, 15) is 9.59 Å². The Morgan fingerprint density at radius 2 is 1.91 bits per heavy atom. The van der Waals surface area contributed by atoms with E-state index in [0.717, 1.165) is 25.7 Å². The highest BCUT2D eigenvalue weighted by molar-refractivity contribution is 5.67. The third kappa shape index (κ3) is 8.07. The van der Waals surface area contributed by atoms with Crippen molar-refractivity contribution < 1.29 is 19.1 Å². The van der Waals surface area contributed by atoms with Gasteiger partial charge in [0.2, 0.25) is 0 Å². The Bertz CT molecular complexity index is 368. The van der Waals surface area contributed by atoms with Crippen LogP contribution in [-0.2, 0) is 9.47 Å². The number of hydrogen-bond donors (Lipinski definition) is 3. The number of nitrogens with two attached hydrogens (primary N) is 1. The molecule has 0 heterocycles. The third-order valence-electron chi connectivity index (χ3n) is 3.57. The van der Waals surface area contributed by atoms with Gasteiger partial charge in [0.1, 0.15) is 12.2 Å². The van der Waals surface area contributed by atoms with Gasteiger partial charge in [-0.25, -0.2) is 9.59 Å². The number of carbonyl (C=O) groups is 2. The second-order valence-electron chi connectivity index (χ2n) is 6.66. The summed E-state index contributed by atoms with van der Waals surface area (Å²) >= 11 is 0. The number of carbonyl (C=O) groups excluding carboxylic acids is 2. The van der Waals surface area contributed by atoms with Crippen molar-refractivity contribution in [3.63, 3.8) is 0 Å². The molecular formula is C15H29N3O4. The normalized spacial score (nSPS) is 22.0.